The molecule has 1 heterocycles. The van der Waals surface area contributed by atoms with Crippen LogP contribution in [0.1, 0.15) is 6.42 Å². The van der Waals surface area contributed by atoms with Crippen molar-refractivity contribution >= 4 is 34.7 Å². The molecular formula is C15H19ClN6O2. The molecule has 2 aromatic rings. The minimum atomic E-state index is -0.500. The van der Waals surface area contributed by atoms with Crippen molar-refractivity contribution in [3.63, 3.8) is 0 Å². The number of nitrogens with zero attached hydrogens (tertiary/aromatic N) is 4. The highest BCUT2D eigenvalue weighted by atomic mass is 35.5. The minimum Gasteiger partial charge on any atom is -0.364 e. The Morgan fingerprint density at radius 1 is 1.29 bits per heavy atom. The zero-order chi connectivity index (χ0) is 17.5. The van der Waals surface area contributed by atoms with Gasteiger partial charge in [-0.05, 0) is 51.3 Å². The molecule has 1 aromatic heterocycles. The Bertz CT molecular complexity index is 693. The van der Waals surface area contributed by atoms with Gasteiger partial charge in [-0.2, -0.15) is 4.98 Å². The molecule has 0 aliphatic rings. The number of hydrogen-bond acceptors (Lipinski definition) is 7. The Morgan fingerprint density at radius 2 is 2.00 bits per heavy atom. The van der Waals surface area contributed by atoms with Crippen molar-refractivity contribution in [1.29, 1.82) is 0 Å². The molecule has 2 rings (SSSR count). The summed E-state index contributed by atoms with van der Waals surface area (Å²) >= 11 is 5.84. The molecule has 8 nitrogen and oxygen atoms in total. The fourth-order valence-electron chi connectivity index (χ4n) is 1.96. The van der Waals surface area contributed by atoms with Crippen LogP contribution in [0.4, 0.5) is 23.1 Å². The number of rotatable bonds is 8. The summed E-state index contributed by atoms with van der Waals surface area (Å²) in [6.07, 6.45) is 2.04. The summed E-state index contributed by atoms with van der Waals surface area (Å²) in [6, 6.07) is 7.01. The molecule has 0 aliphatic heterocycles. The number of benzene rings is 1. The van der Waals surface area contributed by atoms with Gasteiger partial charge in [-0.15, -0.1) is 0 Å². The van der Waals surface area contributed by atoms with Crippen LogP contribution < -0.4 is 10.6 Å². The number of nitro groups is 1. The van der Waals surface area contributed by atoms with Gasteiger partial charge < -0.3 is 15.5 Å². The Kier molecular flexibility index (Phi) is 6.28. The van der Waals surface area contributed by atoms with Gasteiger partial charge in [-0.25, -0.2) is 4.98 Å². The van der Waals surface area contributed by atoms with Crippen molar-refractivity contribution in [2.24, 2.45) is 0 Å². The highest BCUT2D eigenvalue weighted by Crippen LogP contribution is 2.24. The average Bonchev–Trinajstić information content (AvgIpc) is 2.53. The molecule has 128 valence electrons. The van der Waals surface area contributed by atoms with Crippen LogP contribution in [0.25, 0.3) is 0 Å². The first-order chi connectivity index (χ1) is 11.5. The Morgan fingerprint density at radius 3 is 2.62 bits per heavy atom. The van der Waals surface area contributed by atoms with Gasteiger partial charge in [0, 0.05) is 17.3 Å². The molecule has 0 fully saturated rings. The second-order valence-corrected chi connectivity index (χ2v) is 5.84. The molecule has 0 bridgehead atoms. The van der Waals surface area contributed by atoms with Crippen molar-refractivity contribution in [3.05, 3.63) is 45.6 Å². The SMILES string of the molecule is CN(C)CCCNc1nc(Nc2ccc(Cl)cc2)ncc1[N+](=O)[O-]. The second-order valence-electron chi connectivity index (χ2n) is 5.40. The van der Waals surface area contributed by atoms with Crippen LogP contribution >= 0.6 is 11.6 Å². The van der Waals surface area contributed by atoms with Crippen LogP contribution in [0.3, 0.4) is 0 Å². The van der Waals surface area contributed by atoms with Crippen molar-refractivity contribution < 1.29 is 4.92 Å². The van der Waals surface area contributed by atoms with Crippen LogP contribution in [0.5, 0.6) is 0 Å². The monoisotopic (exact) mass is 350 g/mol. The lowest BCUT2D eigenvalue weighted by molar-refractivity contribution is -0.384. The maximum absolute atomic E-state index is 11.1. The molecule has 9 heteroatoms. The first-order valence-corrected chi connectivity index (χ1v) is 7.76. The molecule has 2 N–H and O–H groups in total. The number of aromatic nitrogens is 2. The number of nitrogens with one attached hydrogen (secondary N) is 2. The fourth-order valence-corrected chi connectivity index (χ4v) is 2.09. The third-order valence-corrected chi connectivity index (χ3v) is 3.39. The lowest BCUT2D eigenvalue weighted by Crippen LogP contribution is -2.17. The van der Waals surface area contributed by atoms with Gasteiger partial charge in [0.2, 0.25) is 11.8 Å². The Labute approximate surface area is 145 Å². The summed E-state index contributed by atoms with van der Waals surface area (Å²) in [6.45, 7) is 1.46. The average molecular weight is 351 g/mol. The summed E-state index contributed by atoms with van der Waals surface area (Å²) < 4.78 is 0. The number of anilines is 3. The van der Waals surface area contributed by atoms with Crippen LogP contribution in [-0.2, 0) is 0 Å². The lowest BCUT2D eigenvalue weighted by atomic mass is 10.3. The fraction of sp³-hybridized carbons (Fsp3) is 0.333. The first-order valence-electron chi connectivity index (χ1n) is 7.38. The molecule has 0 saturated carbocycles. The molecule has 0 amide bonds. The molecule has 1 aromatic carbocycles. The van der Waals surface area contributed by atoms with E-state index in [2.05, 4.69) is 20.6 Å². The van der Waals surface area contributed by atoms with Gasteiger partial charge in [0.1, 0.15) is 6.20 Å². The quantitative estimate of drug-likeness (QED) is 0.429. The number of hydrogen-bond donors (Lipinski definition) is 2. The maximum atomic E-state index is 11.1. The van der Waals surface area contributed by atoms with Gasteiger partial charge in [0.05, 0.1) is 4.92 Å². The number of halogens is 1. The zero-order valence-corrected chi connectivity index (χ0v) is 14.2. The van der Waals surface area contributed by atoms with Crippen LogP contribution in [-0.4, -0.2) is 47.0 Å². The summed E-state index contributed by atoms with van der Waals surface area (Å²) in [7, 11) is 3.95. The molecule has 0 radical (unpaired) electrons. The van der Waals surface area contributed by atoms with Gasteiger partial charge in [-0.1, -0.05) is 11.6 Å². The van der Waals surface area contributed by atoms with Crippen LogP contribution in [0.15, 0.2) is 30.5 Å². The molecule has 0 atom stereocenters. The van der Waals surface area contributed by atoms with Crippen LogP contribution in [0, 0.1) is 10.1 Å². The molecular weight excluding hydrogens is 332 g/mol. The van der Waals surface area contributed by atoms with E-state index in [1.54, 1.807) is 24.3 Å². The summed E-state index contributed by atoms with van der Waals surface area (Å²) in [5, 5.41) is 17.7. The van der Waals surface area contributed by atoms with Gasteiger partial charge >= 0.3 is 5.69 Å². The normalized spacial score (nSPS) is 10.7. The van der Waals surface area contributed by atoms with E-state index in [4.69, 9.17) is 11.6 Å². The third-order valence-electron chi connectivity index (χ3n) is 3.14. The van der Waals surface area contributed by atoms with E-state index < -0.39 is 4.92 Å². The van der Waals surface area contributed by atoms with Crippen molar-refractivity contribution in [2.75, 3.05) is 37.8 Å². The van der Waals surface area contributed by atoms with Crippen molar-refractivity contribution in [3.8, 4) is 0 Å². The Balaban J connectivity index is 2.11. The maximum Gasteiger partial charge on any atom is 0.329 e. The van der Waals surface area contributed by atoms with E-state index in [-0.39, 0.29) is 17.5 Å². The minimum absolute atomic E-state index is 0.151. The smallest absolute Gasteiger partial charge is 0.329 e. The van der Waals surface area contributed by atoms with E-state index in [0.29, 0.717) is 11.6 Å². The summed E-state index contributed by atoms with van der Waals surface area (Å²) in [4.78, 5) is 20.9. The molecule has 0 unspecified atom stereocenters. The van der Waals surface area contributed by atoms with Crippen molar-refractivity contribution in [2.45, 2.75) is 6.42 Å². The standard InChI is InChI=1S/C15H19ClN6O2/c1-21(2)9-3-8-17-14-13(22(23)24)10-18-15(20-14)19-12-6-4-11(16)5-7-12/h4-7,10H,3,8-9H2,1-2H3,(H2,17,18,19,20). The van der Waals surface area contributed by atoms with E-state index in [0.717, 1.165) is 18.7 Å². The largest absolute Gasteiger partial charge is 0.364 e. The summed E-state index contributed by atoms with van der Waals surface area (Å²) in [5.41, 5.74) is 0.591. The van der Waals surface area contributed by atoms with Gasteiger partial charge in [-0.3, -0.25) is 10.1 Å². The van der Waals surface area contributed by atoms with Crippen LogP contribution in [0.2, 0.25) is 5.02 Å². The van der Waals surface area contributed by atoms with E-state index in [1.165, 1.54) is 6.20 Å². The second kappa shape index (κ2) is 8.42. The van der Waals surface area contributed by atoms with Gasteiger partial charge in [0.15, 0.2) is 0 Å². The third kappa shape index (κ3) is 5.32. The molecule has 0 aliphatic carbocycles. The Hall–Kier alpha value is -2.45. The predicted octanol–water partition coefficient (Wildman–Crippen LogP) is 3.15. The predicted molar refractivity (Wildman–Crippen MR) is 95.1 cm³/mol. The highest BCUT2D eigenvalue weighted by Gasteiger charge is 2.17. The van der Waals surface area contributed by atoms with Crippen molar-refractivity contribution in [1.82, 2.24) is 14.9 Å². The topological polar surface area (TPSA) is 96.2 Å². The van der Waals surface area contributed by atoms with Gasteiger partial charge in [0.25, 0.3) is 0 Å². The highest BCUT2D eigenvalue weighted by molar-refractivity contribution is 6.30. The molecule has 24 heavy (non-hydrogen) atoms. The van der Waals surface area contributed by atoms with E-state index in [9.17, 15) is 10.1 Å². The zero-order valence-electron chi connectivity index (χ0n) is 13.5. The molecule has 0 spiro atoms. The van der Waals surface area contributed by atoms with E-state index in [1.807, 2.05) is 19.0 Å². The molecule has 0 saturated heterocycles. The first kappa shape index (κ1) is 17.9. The van der Waals surface area contributed by atoms with E-state index >= 15 is 0 Å². The summed E-state index contributed by atoms with van der Waals surface area (Å²) in [5.74, 6) is 0.475. The lowest BCUT2D eigenvalue weighted by Gasteiger charge is -2.11.